The van der Waals surface area contributed by atoms with E-state index in [9.17, 15) is 9.59 Å². The number of hydrogen-bond donors (Lipinski definition) is 2. The van der Waals surface area contributed by atoms with E-state index in [-0.39, 0.29) is 11.6 Å². The van der Waals surface area contributed by atoms with Gasteiger partial charge in [-0.05, 0) is 11.5 Å². The molecule has 5 heteroatoms. The molecule has 1 amide bonds. The Balaban J connectivity index is 2.07. The second-order valence-electron chi connectivity index (χ2n) is 5.57. The minimum Gasteiger partial charge on any atom is -0.333 e. The average molecular weight is 299 g/mol. The second kappa shape index (κ2) is 7.45. The van der Waals surface area contributed by atoms with Crippen LogP contribution in [0.1, 0.15) is 29.9 Å². The summed E-state index contributed by atoms with van der Waals surface area (Å²) in [6, 6.07) is 9.93. The van der Waals surface area contributed by atoms with Crippen LogP contribution >= 0.6 is 0 Å². The highest BCUT2D eigenvalue weighted by Gasteiger charge is 2.17. The minimum atomic E-state index is -0.368. The number of rotatable bonds is 6. The van der Waals surface area contributed by atoms with Crippen LogP contribution in [0.4, 0.5) is 0 Å². The average Bonchev–Trinajstić information content (AvgIpc) is 2.93. The van der Waals surface area contributed by atoms with E-state index >= 15 is 0 Å². The standard InChI is InChI=1S/C17H21N3O2/c1-13(2)12-20(16(21)15-11-18-17(22)19-15)10-6-9-14-7-4-3-5-8-14/h3-9,11,13H,10,12H2,1-2H3,(H2,18,19,22)/b9-6+. The number of hydrogen-bond acceptors (Lipinski definition) is 2. The van der Waals surface area contributed by atoms with E-state index < -0.39 is 0 Å². The lowest BCUT2D eigenvalue weighted by molar-refractivity contribution is 0.0751. The maximum absolute atomic E-state index is 12.4. The number of imidazole rings is 1. The van der Waals surface area contributed by atoms with E-state index in [4.69, 9.17) is 0 Å². The van der Waals surface area contributed by atoms with Gasteiger partial charge in [-0.25, -0.2) is 4.79 Å². The van der Waals surface area contributed by atoms with Crippen molar-refractivity contribution in [2.75, 3.05) is 13.1 Å². The number of carbonyl (C=O) groups excluding carboxylic acids is 1. The van der Waals surface area contributed by atoms with E-state index in [1.54, 1.807) is 4.90 Å². The van der Waals surface area contributed by atoms with E-state index in [1.807, 2.05) is 42.5 Å². The smallest absolute Gasteiger partial charge is 0.323 e. The molecule has 2 aromatic rings. The number of nitrogens with zero attached hydrogens (tertiary/aromatic N) is 1. The lowest BCUT2D eigenvalue weighted by Crippen LogP contribution is -2.34. The summed E-state index contributed by atoms with van der Waals surface area (Å²) in [5.74, 6) is 0.171. The van der Waals surface area contributed by atoms with Crippen LogP contribution < -0.4 is 5.69 Å². The lowest BCUT2D eigenvalue weighted by atomic mass is 10.2. The van der Waals surface area contributed by atoms with Crippen molar-refractivity contribution < 1.29 is 4.79 Å². The van der Waals surface area contributed by atoms with Gasteiger partial charge in [0, 0.05) is 19.3 Å². The molecule has 0 bridgehead atoms. The van der Waals surface area contributed by atoms with E-state index in [0.717, 1.165) is 5.56 Å². The van der Waals surface area contributed by atoms with Gasteiger partial charge in [0.05, 0.1) is 0 Å². The van der Waals surface area contributed by atoms with Crippen LogP contribution in [-0.2, 0) is 0 Å². The number of amides is 1. The second-order valence-corrected chi connectivity index (χ2v) is 5.57. The van der Waals surface area contributed by atoms with Gasteiger partial charge in [-0.15, -0.1) is 0 Å². The van der Waals surface area contributed by atoms with Crippen molar-refractivity contribution in [1.82, 2.24) is 14.9 Å². The predicted molar refractivity (Wildman–Crippen MR) is 87.6 cm³/mol. The van der Waals surface area contributed by atoms with Gasteiger partial charge < -0.3 is 14.9 Å². The lowest BCUT2D eigenvalue weighted by Gasteiger charge is -2.22. The van der Waals surface area contributed by atoms with Crippen molar-refractivity contribution in [1.29, 1.82) is 0 Å². The molecule has 0 aliphatic carbocycles. The normalized spacial score (nSPS) is 11.2. The van der Waals surface area contributed by atoms with Gasteiger partial charge in [-0.3, -0.25) is 4.79 Å². The molecule has 0 spiro atoms. The summed E-state index contributed by atoms with van der Waals surface area (Å²) in [6.07, 6.45) is 5.36. The Morgan fingerprint density at radius 3 is 2.59 bits per heavy atom. The van der Waals surface area contributed by atoms with E-state index in [0.29, 0.717) is 24.7 Å². The number of aromatic nitrogens is 2. The molecular weight excluding hydrogens is 278 g/mol. The van der Waals surface area contributed by atoms with Crippen LogP contribution in [0.3, 0.4) is 0 Å². The fraction of sp³-hybridized carbons (Fsp3) is 0.294. The Labute approximate surface area is 129 Å². The molecule has 0 atom stereocenters. The van der Waals surface area contributed by atoms with E-state index in [2.05, 4.69) is 23.8 Å². The molecule has 0 saturated heterocycles. The van der Waals surface area contributed by atoms with Crippen molar-refractivity contribution in [2.45, 2.75) is 13.8 Å². The van der Waals surface area contributed by atoms with Gasteiger partial charge in [0.2, 0.25) is 0 Å². The Morgan fingerprint density at radius 1 is 1.27 bits per heavy atom. The Kier molecular flexibility index (Phi) is 5.36. The van der Waals surface area contributed by atoms with Gasteiger partial charge in [0.25, 0.3) is 5.91 Å². The largest absolute Gasteiger partial charge is 0.333 e. The summed E-state index contributed by atoms with van der Waals surface area (Å²) in [5, 5.41) is 0. The van der Waals surface area contributed by atoms with Gasteiger partial charge in [0.15, 0.2) is 0 Å². The number of H-pyrrole nitrogens is 2. The van der Waals surface area contributed by atoms with Gasteiger partial charge in [-0.1, -0.05) is 56.3 Å². The zero-order valence-electron chi connectivity index (χ0n) is 12.9. The minimum absolute atomic E-state index is 0.176. The fourth-order valence-corrected chi connectivity index (χ4v) is 2.18. The first kappa shape index (κ1) is 15.8. The molecule has 1 aromatic heterocycles. The first-order valence-corrected chi connectivity index (χ1v) is 7.35. The van der Waals surface area contributed by atoms with Crippen LogP contribution in [0.25, 0.3) is 6.08 Å². The number of benzene rings is 1. The number of carbonyl (C=O) groups is 1. The summed E-state index contributed by atoms with van der Waals surface area (Å²) in [6.45, 7) is 5.24. The molecule has 2 N–H and O–H groups in total. The highest BCUT2D eigenvalue weighted by molar-refractivity contribution is 5.92. The summed E-state index contributed by atoms with van der Waals surface area (Å²) in [4.78, 5) is 30.3. The van der Waals surface area contributed by atoms with Crippen LogP contribution in [-0.4, -0.2) is 33.9 Å². The predicted octanol–water partition coefficient (Wildman–Crippen LogP) is 2.51. The Morgan fingerprint density at radius 2 is 2.00 bits per heavy atom. The monoisotopic (exact) mass is 299 g/mol. The van der Waals surface area contributed by atoms with Crippen molar-refractivity contribution >= 4 is 12.0 Å². The van der Waals surface area contributed by atoms with Gasteiger partial charge in [0.1, 0.15) is 5.69 Å². The first-order chi connectivity index (χ1) is 10.6. The fourth-order valence-electron chi connectivity index (χ4n) is 2.18. The third kappa shape index (κ3) is 4.48. The molecular formula is C17H21N3O2. The quantitative estimate of drug-likeness (QED) is 0.860. The van der Waals surface area contributed by atoms with Crippen LogP contribution in [0.5, 0.6) is 0 Å². The summed E-state index contributed by atoms with van der Waals surface area (Å²) in [7, 11) is 0. The van der Waals surface area contributed by atoms with Crippen LogP contribution in [0.2, 0.25) is 0 Å². The zero-order valence-corrected chi connectivity index (χ0v) is 12.9. The number of aromatic amines is 2. The maximum atomic E-state index is 12.4. The molecule has 0 radical (unpaired) electrons. The molecule has 1 heterocycles. The van der Waals surface area contributed by atoms with Crippen LogP contribution in [0.15, 0.2) is 47.4 Å². The maximum Gasteiger partial charge on any atom is 0.323 e. The Hall–Kier alpha value is -2.56. The molecule has 0 fully saturated rings. The molecule has 22 heavy (non-hydrogen) atoms. The first-order valence-electron chi connectivity index (χ1n) is 7.35. The van der Waals surface area contributed by atoms with Gasteiger partial charge in [-0.2, -0.15) is 0 Å². The van der Waals surface area contributed by atoms with Crippen LogP contribution in [0, 0.1) is 5.92 Å². The van der Waals surface area contributed by atoms with Crippen molar-refractivity contribution in [2.24, 2.45) is 5.92 Å². The molecule has 5 nitrogen and oxygen atoms in total. The highest BCUT2D eigenvalue weighted by atomic mass is 16.2. The molecule has 0 saturated carbocycles. The summed E-state index contributed by atoms with van der Waals surface area (Å²) < 4.78 is 0. The third-order valence-electron chi connectivity index (χ3n) is 3.13. The molecule has 116 valence electrons. The van der Waals surface area contributed by atoms with E-state index in [1.165, 1.54) is 6.20 Å². The molecule has 0 aliphatic heterocycles. The van der Waals surface area contributed by atoms with Crippen molar-refractivity contribution in [3.05, 3.63) is 64.3 Å². The summed E-state index contributed by atoms with van der Waals surface area (Å²) >= 11 is 0. The zero-order chi connectivity index (χ0) is 15.9. The summed E-state index contributed by atoms with van der Waals surface area (Å²) in [5.41, 5.74) is 1.01. The highest BCUT2D eigenvalue weighted by Crippen LogP contribution is 2.06. The molecule has 2 rings (SSSR count). The third-order valence-corrected chi connectivity index (χ3v) is 3.13. The van der Waals surface area contributed by atoms with Crippen molar-refractivity contribution in [3.63, 3.8) is 0 Å². The SMILES string of the molecule is CC(C)CN(C/C=C/c1ccccc1)C(=O)c1c[nH]c(=O)[nH]1. The molecule has 0 aliphatic rings. The Bertz CT molecular complexity index is 683. The van der Waals surface area contributed by atoms with Gasteiger partial charge >= 0.3 is 5.69 Å². The molecule has 1 aromatic carbocycles. The topological polar surface area (TPSA) is 69.0 Å². The molecule has 0 unspecified atom stereocenters. The number of nitrogens with one attached hydrogen (secondary N) is 2. The van der Waals surface area contributed by atoms with Crippen molar-refractivity contribution in [3.8, 4) is 0 Å².